The van der Waals surface area contributed by atoms with E-state index in [0.717, 1.165) is 0 Å². The molecule has 0 unspecified atom stereocenters. The van der Waals surface area contributed by atoms with Crippen molar-refractivity contribution in [2.24, 2.45) is 5.73 Å². The number of carbonyl (C=O) groups is 2. The molecule has 0 saturated heterocycles. The number of hydrogen-bond acceptors (Lipinski definition) is 6. The van der Waals surface area contributed by atoms with Crippen molar-refractivity contribution in [1.82, 2.24) is 19.6 Å². The van der Waals surface area contributed by atoms with Gasteiger partial charge in [-0.25, -0.2) is 0 Å². The van der Waals surface area contributed by atoms with Crippen LogP contribution in [-0.2, 0) is 13.1 Å². The Hall–Kier alpha value is -3.24. The van der Waals surface area contributed by atoms with E-state index in [1.54, 1.807) is 13.8 Å². The summed E-state index contributed by atoms with van der Waals surface area (Å²) in [5.41, 5.74) is 4.38. The molecular weight excluding hydrogens is 306 g/mol. The van der Waals surface area contributed by atoms with Crippen LogP contribution in [-0.4, -0.2) is 36.3 Å². The molecule has 0 aromatic carbocycles. The summed E-state index contributed by atoms with van der Waals surface area (Å²) >= 11 is 0. The summed E-state index contributed by atoms with van der Waals surface area (Å²) in [5.74, 6) is -1.64. The number of rotatable bonds is 6. The van der Waals surface area contributed by atoms with Gasteiger partial charge in [0, 0.05) is 19.3 Å². The lowest BCUT2D eigenvalue weighted by Gasteiger charge is -2.01. The van der Waals surface area contributed by atoms with Crippen molar-refractivity contribution in [3.05, 3.63) is 33.9 Å². The summed E-state index contributed by atoms with van der Waals surface area (Å²) in [4.78, 5) is 33.9. The van der Waals surface area contributed by atoms with Crippen molar-refractivity contribution in [2.75, 3.05) is 5.32 Å². The van der Waals surface area contributed by atoms with Crippen molar-refractivity contribution in [1.29, 1.82) is 0 Å². The van der Waals surface area contributed by atoms with E-state index in [1.165, 1.54) is 21.8 Å². The normalized spacial score (nSPS) is 10.5. The Kier molecular flexibility index (Phi) is 4.39. The number of amides is 2. The second kappa shape index (κ2) is 6.25. The Bertz CT molecular complexity index is 776. The highest BCUT2D eigenvalue weighted by Crippen LogP contribution is 2.20. The van der Waals surface area contributed by atoms with Crippen LogP contribution < -0.4 is 11.1 Å². The summed E-state index contributed by atoms with van der Waals surface area (Å²) in [6.07, 6.45) is 2.58. The molecule has 0 aliphatic carbocycles. The van der Waals surface area contributed by atoms with Crippen LogP contribution in [0, 0.1) is 10.1 Å². The average Bonchev–Trinajstić information content (AvgIpc) is 3.10. The zero-order chi connectivity index (χ0) is 17.1. The summed E-state index contributed by atoms with van der Waals surface area (Å²) < 4.78 is 2.69. The predicted molar refractivity (Wildman–Crippen MR) is 78.9 cm³/mol. The highest BCUT2D eigenvalue weighted by atomic mass is 16.6. The summed E-state index contributed by atoms with van der Waals surface area (Å²) in [5, 5.41) is 21.2. The molecule has 23 heavy (non-hydrogen) atoms. The first-order valence-electron chi connectivity index (χ1n) is 6.77. The van der Waals surface area contributed by atoms with E-state index in [2.05, 4.69) is 15.5 Å². The van der Waals surface area contributed by atoms with Crippen LogP contribution in [0.3, 0.4) is 0 Å². The van der Waals surface area contributed by atoms with Crippen LogP contribution in [0.2, 0.25) is 0 Å². The number of primary amides is 1. The van der Waals surface area contributed by atoms with Gasteiger partial charge < -0.3 is 11.1 Å². The van der Waals surface area contributed by atoms with Crippen molar-refractivity contribution >= 4 is 23.2 Å². The SMILES string of the molecule is CCn1cc(NC(=O)c2nn(CC)cc2[N+](=O)[O-])c(C(N)=O)n1. The zero-order valence-corrected chi connectivity index (χ0v) is 12.5. The third-order valence-corrected chi connectivity index (χ3v) is 3.05. The Morgan fingerprint density at radius 3 is 2.30 bits per heavy atom. The number of carbonyl (C=O) groups excluding carboxylic acids is 2. The van der Waals surface area contributed by atoms with Crippen LogP contribution in [0.15, 0.2) is 12.4 Å². The Labute approximate surface area is 130 Å². The van der Waals surface area contributed by atoms with Crippen LogP contribution in [0.4, 0.5) is 11.4 Å². The van der Waals surface area contributed by atoms with Gasteiger partial charge in [-0.2, -0.15) is 10.2 Å². The van der Waals surface area contributed by atoms with E-state index in [9.17, 15) is 19.7 Å². The molecule has 2 heterocycles. The highest BCUT2D eigenvalue weighted by Gasteiger charge is 2.27. The topological polar surface area (TPSA) is 151 Å². The number of nitro groups is 1. The molecule has 0 atom stereocenters. The molecule has 3 N–H and O–H groups in total. The van der Waals surface area contributed by atoms with Gasteiger partial charge in [0.15, 0.2) is 5.69 Å². The number of nitrogens with two attached hydrogens (primary N) is 1. The highest BCUT2D eigenvalue weighted by molar-refractivity contribution is 6.08. The number of nitrogens with one attached hydrogen (secondary N) is 1. The minimum absolute atomic E-state index is 0.0738. The molecule has 0 bridgehead atoms. The monoisotopic (exact) mass is 321 g/mol. The fourth-order valence-corrected chi connectivity index (χ4v) is 1.91. The van der Waals surface area contributed by atoms with Crippen LogP contribution >= 0.6 is 0 Å². The van der Waals surface area contributed by atoms with Crippen molar-refractivity contribution in [3.8, 4) is 0 Å². The molecule has 2 rings (SSSR count). The van der Waals surface area contributed by atoms with Crippen LogP contribution in [0.1, 0.15) is 34.8 Å². The van der Waals surface area contributed by atoms with Gasteiger partial charge in [0.25, 0.3) is 11.8 Å². The third-order valence-electron chi connectivity index (χ3n) is 3.05. The van der Waals surface area contributed by atoms with E-state index >= 15 is 0 Å². The first-order valence-corrected chi connectivity index (χ1v) is 6.77. The van der Waals surface area contributed by atoms with E-state index in [0.29, 0.717) is 13.1 Å². The number of hydrogen-bond donors (Lipinski definition) is 2. The molecule has 0 saturated carbocycles. The fraction of sp³-hybridized carbons (Fsp3) is 0.333. The number of aryl methyl sites for hydroxylation is 2. The van der Waals surface area contributed by atoms with Gasteiger partial charge in [0.2, 0.25) is 5.69 Å². The van der Waals surface area contributed by atoms with Gasteiger partial charge in [-0.3, -0.25) is 29.1 Å². The molecule has 0 fully saturated rings. The number of nitrogens with zero attached hydrogens (tertiary/aromatic N) is 5. The van der Waals surface area contributed by atoms with E-state index < -0.39 is 22.4 Å². The van der Waals surface area contributed by atoms with Gasteiger partial charge >= 0.3 is 5.69 Å². The molecule has 0 aliphatic heterocycles. The maximum absolute atomic E-state index is 12.3. The minimum atomic E-state index is -0.818. The summed E-state index contributed by atoms with van der Waals surface area (Å²) in [7, 11) is 0. The second-order valence-electron chi connectivity index (χ2n) is 4.54. The Morgan fingerprint density at radius 1 is 1.22 bits per heavy atom. The molecule has 0 spiro atoms. The van der Waals surface area contributed by atoms with Gasteiger partial charge in [-0.05, 0) is 13.8 Å². The van der Waals surface area contributed by atoms with Crippen molar-refractivity contribution in [2.45, 2.75) is 26.9 Å². The first-order chi connectivity index (χ1) is 10.9. The average molecular weight is 321 g/mol. The molecule has 11 heteroatoms. The van der Waals surface area contributed by atoms with Gasteiger partial charge in [-0.1, -0.05) is 0 Å². The Balaban J connectivity index is 2.36. The molecule has 0 aliphatic rings. The number of anilines is 1. The largest absolute Gasteiger partial charge is 0.364 e. The lowest BCUT2D eigenvalue weighted by molar-refractivity contribution is -0.385. The van der Waals surface area contributed by atoms with E-state index in [4.69, 9.17) is 5.73 Å². The fourth-order valence-electron chi connectivity index (χ4n) is 1.91. The predicted octanol–water partition coefficient (Wildman–Crippen LogP) is 0.379. The molecule has 2 amide bonds. The molecule has 2 aromatic heterocycles. The number of aromatic nitrogens is 4. The molecular formula is C12H15N7O4. The van der Waals surface area contributed by atoms with E-state index in [-0.39, 0.29) is 17.1 Å². The van der Waals surface area contributed by atoms with Crippen molar-refractivity contribution < 1.29 is 14.5 Å². The maximum Gasteiger partial charge on any atom is 0.320 e. The van der Waals surface area contributed by atoms with Gasteiger partial charge in [0.1, 0.15) is 6.20 Å². The lowest BCUT2D eigenvalue weighted by atomic mass is 10.3. The van der Waals surface area contributed by atoms with Crippen LogP contribution in [0.25, 0.3) is 0 Å². The first kappa shape index (κ1) is 16.1. The zero-order valence-electron chi connectivity index (χ0n) is 12.5. The lowest BCUT2D eigenvalue weighted by Crippen LogP contribution is -2.19. The van der Waals surface area contributed by atoms with E-state index in [1.807, 2.05) is 0 Å². The molecule has 11 nitrogen and oxygen atoms in total. The minimum Gasteiger partial charge on any atom is -0.364 e. The second-order valence-corrected chi connectivity index (χ2v) is 4.54. The molecule has 122 valence electrons. The van der Waals surface area contributed by atoms with Gasteiger partial charge in [-0.15, -0.1) is 0 Å². The third kappa shape index (κ3) is 3.17. The van der Waals surface area contributed by atoms with Crippen molar-refractivity contribution in [3.63, 3.8) is 0 Å². The van der Waals surface area contributed by atoms with Gasteiger partial charge in [0.05, 0.1) is 10.6 Å². The standard InChI is InChI=1S/C12H15N7O4/c1-3-17-5-7(9(15-17)11(13)20)14-12(21)10-8(19(22)23)6-18(4-2)16-10/h5-6H,3-4H2,1-2H3,(H2,13,20)(H,14,21). The Morgan fingerprint density at radius 2 is 1.78 bits per heavy atom. The summed E-state index contributed by atoms with van der Waals surface area (Å²) in [6, 6.07) is 0. The molecule has 0 radical (unpaired) electrons. The quantitative estimate of drug-likeness (QED) is 0.579. The van der Waals surface area contributed by atoms with Crippen LogP contribution in [0.5, 0.6) is 0 Å². The molecule has 2 aromatic rings. The summed E-state index contributed by atoms with van der Waals surface area (Å²) in [6.45, 7) is 4.35. The smallest absolute Gasteiger partial charge is 0.320 e. The maximum atomic E-state index is 12.3.